The Hall–Kier alpha value is -2.32. The molecule has 0 amide bonds. The van der Waals surface area contributed by atoms with Gasteiger partial charge < -0.3 is 0 Å². The molecule has 0 aliphatic carbocycles. The lowest BCUT2D eigenvalue weighted by molar-refractivity contribution is 1.44. The molecule has 63 valence electrons. The van der Waals surface area contributed by atoms with Crippen LogP contribution in [-0.4, -0.2) is 0 Å². The molecule has 1 radical (unpaired) electrons. The Balaban J connectivity index is 2.85. The Bertz CT molecular complexity index is 518. The maximum absolute atomic E-state index is 8.80. The molecular formula is C12H5N2. The average molecular weight is 177 g/mol. The molecule has 0 fully saturated rings. The van der Waals surface area contributed by atoms with Gasteiger partial charge in [-0.15, -0.1) is 0 Å². The highest BCUT2D eigenvalue weighted by Crippen LogP contribution is 2.18. The molecule has 0 bridgehead atoms. The van der Waals surface area contributed by atoms with Gasteiger partial charge in [-0.2, -0.15) is 10.5 Å². The Labute approximate surface area is 81.6 Å². The van der Waals surface area contributed by atoms with Gasteiger partial charge in [0, 0.05) is 0 Å². The van der Waals surface area contributed by atoms with Crippen molar-refractivity contribution in [3.63, 3.8) is 0 Å². The third kappa shape index (κ3) is 1.20. The highest BCUT2D eigenvalue weighted by Gasteiger charge is 2.02. The van der Waals surface area contributed by atoms with Crippen LogP contribution >= 0.6 is 0 Å². The maximum Gasteiger partial charge on any atom is 0.101 e. The number of fused-ring (bicyclic) bond motifs is 1. The predicted octanol–water partition coefficient (Wildman–Crippen LogP) is 2.38. The molecule has 0 heterocycles. The number of nitriles is 2. The van der Waals surface area contributed by atoms with Gasteiger partial charge in [-0.25, -0.2) is 0 Å². The van der Waals surface area contributed by atoms with E-state index in [4.69, 9.17) is 10.5 Å². The molecule has 0 unspecified atom stereocenters. The van der Waals surface area contributed by atoms with Crippen molar-refractivity contribution in [3.8, 4) is 12.1 Å². The molecule has 0 saturated carbocycles. The van der Waals surface area contributed by atoms with E-state index < -0.39 is 0 Å². The van der Waals surface area contributed by atoms with Crippen LogP contribution in [0, 0.1) is 28.7 Å². The number of rotatable bonds is 0. The second-order valence-electron chi connectivity index (χ2n) is 2.89. The first kappa shape index (κ1) is 8.29. The summed E-state index contributed by atoms with van der Waals surface area (Å²) in [7, 11) is 0. The lowest BCUT2D eigenvalue weighted by Crippen LogP contribution is -1.84. The number of nitrogens with zero attached hydrogens (tertiary/aromatic N) is 2. The molecule has 0 N–H and O–H groups in total. The number of hydrogen-bond donors (Lipinski definition) is 0. The first-order valence-corrected chi connectivity index (χ1v) is 4.09. The second kappa shape index (κ2) is 3.20. The summed E-state index contributed by atoms with van der Waals surface area (Å²) in [6.45, 7) is 0. The van der Waals surface area contributed by atoms with Gasteiger partial charge in [-0.1, -0.05) is 12.1 Å². The van der Waals surface area contributed by atoms with Gasteiger partial charge in [-0.3, -0.25) is 0 Å². The van der Waals surface area contributed by atoms with Crippen LogP contribution in [0.15, 0.2) is 30.3 Å². The molecule has 0 aromatic heterocycles. The van der Waals surface area contributed by atoms with Gasteiger partial charge in [0.1, 0.15) is 12.1 Å². The summed E-state index contributed by atoms with van der Waals surface area (Å²) in [4.78, 5) is 0. The molecule has 0 saturated heterocycles. The maximum atomic E-state index is 8.80. The van der Waals surface area contributed by atoms with Gasteiger partial charge >= 0.3 is 0 Å². The topological polar surface area (TPSA) is 47.6 Å². The minimum Gasteiger partial charge on any atom is -0.192 e. The Morgan fingerprint density at radius 1 is 1.00 bits per heavy atom. The van der Waals surface area contributed by atoms with Crippen LogP contribution in [0.2, 0.25) is 0 Å². The van der Waals surface area contributed by atoms with Crippen molar-refractivity contribution < 1.29 is 0 Å². The van der Waals surface area contributed by atoms with Crippen molar-refractivity contribution in [1.82, 2.24) is 0 Å². The summed E-state index contributed by atoms with van der Waals surface area (Å²) >= 11 is 0. The SMILES string of the molecule is N#Cc1cc2c[c]ccc2cc1C#N. The highest BCUT2D eigenvalue weighted by molar-refractivity contribution is 5.85. The Morgan fingerprint density at radius 3 is 2.29 bits per heavy atom. The lowest BCUT2D eigenvalue weighted by Gasteiger charge is -1.98. The van der Waals surface area contributed by atoms with Crippen molar-refractivity contribution in [2.75, 3.05) is 0 Å². The minimum absolute atomic E-state index is 0.416. The van der Waals surface area contributed by atoms with E-state index in [9.17, 15) is 0 Å². The molecule has 14 heavy (non-hydrogen) atoms. The number of hydrogen-bond acceptors (Lipinski definition) is 2. The zero-order valence-electron chi connectivity index (χ0n) is 7.28. The quantitative estimate of drug-likeness (QED) is 0.620. The van der Waals surface area contributed by atoms with E-state index in [2.05, 4.69) is 6.07 Å². The van der Waals surface area contributed by atoms with E-state index in [0.29, 0.717) is 11.1 Å². The molecule has 0 aliphatic rings. The van der Waals surface area contributed by atoms with E-state index in [1.807, 2.05) is 18.2 Å². The Morgan fingerprint density at radius 2 is 1.64 bits per heavy atom. The van der Waals surface area contributed by atoms with Gasteiger partial charge in [0.05, 0.1) is 11.1 Å². The monoisotopic (exact) mass is 177 g/mol. The van der Waals surface area contributed by atoms with Gasteiger partial charge in [0.25, 0.3) is 0 Å². The van der Waals surface area contributed by atoms with E-state index >= 15 is 0 Å². The summed E-state index contributed by atoms with van der Waals surface area (Å²) in [5.41, 5.74) is 0.839. The summed E-state index contributed by atoms with van der Waals surface area (Å²) in [5, 5.41) is 19.5. The molecule has 2 aromatic carbocycles. The molecule has 2 heteroatoms. The van der Waals surface area contributed by atoms with Gasteiger partial charge in [0.2, 0.25) is 0 Å². The first-order valence-electron chi connectivity index (χ1n) is 4.09. The predicted molar refractivity (Wildman–Crippen MR) is 52.2 cm³/mol. The zero-order chi connectivity index (χ0) is 9.97. The van der Waals surface area contributed by atoms with Crippen molar-refractivity contribution in [3.05, 3.63) is 47.5 Å². The molecule has 0 atom stereocenters. The molecule has 2 aromatic rings. The second-order valence-corrected chi connectivity index (χ2v) is 2.89. The largest absolute Gasteiger partial charge is 0.192 e. The smallest absolute Gasteiger partial charge is 0.101 e. The standard InChI is InChI=1S/C12H5N2/c13-7-11-5-9-3-1-2-4-10(9)6-12(11)8-14/h1,3-6H. The molecule has 2 rings (SSSR count). The molecule has 0 aliphatic heterocycles. The fourth-order valence-electron chi connectivity index (χ4n) is 1.36. The van der Waals surface area contributed by atoms with Crippen LogP contribution in [-0.2, 0) is 0 Å². The normalized spacial score (nSPS) is 9.29. The van der Waals surface area contributed by atoms with E-state index in [0.717, 1.165) is 10.8 Å². The summed E-state index contributed by atoms with van der Waals surface area (Å²) < 4.78 is 0. The van der Waals surface area contributed by atoms with Crippen LogP contribution < -0.4 is 0 Å². The van der Waals surface area contributed by atoms with E-state index in [-0.39, 0.29) is 0 Å². The minimum atomic E-state index is 0.416. The van der Waals surface area contributed by atoms with Gasteiger partial charge in [0.15, 0.2) is 0 Å². The molecular weight excluding hydrogens is 172 g/mol. The van der Waals surface area contributed by atoms with E-state index in [1.165, 1.54) is 0 Å². The summed E-state index contributed by atoms with van der Waals surface area (Å²) in [5.74, 6) is 0. The van der Waals surface area contributed by atoms with E-state index in [1.54, 1.807) is 24.3 Å². The summed E-state index contributed by atoms with van der Waals surface area (Å²) in [6, 6.07) is 15.8. The molecule has 2 nitrogen and oxygen atoms in total. The first-order chi connectivity index (χ1) is 6.85. The third-order valence-corrected chi connectivity index (χ3v) is 2.06. The van der Waals surface area contributed by atoms with Crippen LogP contribution in [0.3, 0.4) is 0 Å². The van der Waals surface area contributed by atoms with Crippen molar-refractivity contribution in [2.45, 2.75) is 0 Å². The molecule has 0 spiro atoms. The highest BCUT2D eigenvalue weighted by atomic mass is 14.3. The fourth-order valence-corrected chi connectivity index (χ4v) is 1.36. The van der Waals surface area contributed by atoms with Crippen LogP contribution in [0.1, 0.15) is 11.1 Å². The number of benzene rings is 2. The van der Waals surface area contributed by atoms with Crippen molar-refractivity contribution in [1.29, 1.82) is 10.5 Å². The van der Waals surface area contributed by atoms with Crippen LogP contribution in [0.4, 0.5) is 0 Å². The fraction of sp³-hybridized carbons (Fsp3) is 0. The van der Waals surface area contributed by atoms with Crippen molar-refractivity contribution in [2.24, 2.45) is 0 Å². The van der Waals surface area contributed by atoms with Crippen LogP contribution in [0.25, 0.3) is 10.8 Å². The third-order valence-electron chi connectivity index (χ3n) is 2.06. The zero-order valence-corrected chi connectivity index (χ0v) is 7.28. The average Bonchev–Trinajstić information content (AvgIpc) is 2.27. The Kier molecular flexibility index (Phi) is 1.89. The van der Waals surface area contributed by atoms with Crippen molar-refractivity contribution >= 4 is 10.8 Å². The lowest BCUT2D eigenvalue weighted by atomic mass is 10.0. The summed E-state index contributed by atoms with van der Waals surface area (Å²) in [6.07, 6.45) is 0. The van der Waals surface area contributed by atoms with Crippen LogP contribution in [0.5, 0.6) is 0 Å². The van der Waals surface area contributed by atoms with Gasteiger partial charge in [-0.05, 0) is 35.0 Å².